The van der Waals surface area contributed by atoms with Crippen molar-refractivity contribution in [2.75, 3.05) is 26.2 Å². The van der Waals surface area contributed by atoms with E-state index < -0.39 is 0 Å². The third kappa shape index (κ3) is 6.20. The van der Waals surface area contributed by atoms with Crippen molar-refractivity contribution in [1.29, 1.82) is 0 Å². The second kappa shape index (κ2) is 10.2. The molecule has 120 valence electrons. The van der Waals surface area contributed by atoms with Crippen LogP contribution >= 0.6 is 56.7 Å². The fourth-order valence-corrected chi connectivity index (χ4v) is 3.42. The quantitative estimate of drug-likeness (QED) is 0.638. The maximum Gasteiger partial charge on any atom is 0.0397 e. The van der Waals surface area contributed by atoms with Gasteiger partial charge in [0.25, 0.3) is 0 Å². The summed E-state index contributed by atoms with van der Waals surface area (Å²) in [6.45, 7) is 10.5. The van der Waals surface area contributed by atoms with Crippen LogP contribution in [0.1, 0.15) is 24.9 Å². The van der Waals surface area contributed by atoms with Crippen LogP contribution < -0.4 is 5.32 Å². The normalized spacial score (nSPS) is 16.5. The van der Waals surface area contributed by atoms with E-state index in [1.807, 2.05) is 0 Å². The van der Waals surface area contributed by atoms with Crippen molar-refractivity contribution in [2.45, 2.75) is 19.4 Å². The highest BCUT2D eigenvalue weighted by Gasteiger charge is 2.24. The molecule has 2 nitrogen and oxygen atoms in total. The molecule has 1 fully saturated rings. The predicted octanol–water partition coefficient (Wildman–Crippen LogP) is 4.97. The van der Waals surface area contributed by atoms with Gasteiger partial charge in [0.1, 0.15) is 0 Å². The van der Waals surface area contributed by atoms with Gasteiger partial charge in [-0.25, -0.2) is 0 Å². The lowest BCUT2D eigenvalue weighted by atomic mass is 9.98. The molecule has 1 N–H and O–H groups in total. The number of halogens is 4. The standard InChI is InChI=1S/C15H20Br2N2.2ClH/c1-11(2)9-15(19-7-5-18-6-8-19)13-10-12(16)3-4-14(13)17;;/h3-4,10,15,18H,1,5-9H2,2H3;2*1H/t15-;;/m1../s1. The van der Waals surface area contributed by atoms with Gasteiger partial charge < -0.3 is 5.32 Å². The molecular weight excluding hydrogens is 439 g/mol. The summed E-state index contributed by atoms with van der Waals surface area (Å²) in [7, 11) is 0. The molecule has 0 aromatic heterocycles. The molecule has 0 amide bonds. The topological polar surface area (TPSA) is 15.3 Å². The first kappa shape index (κ1) is 21.4. The van der Waals surface area contributed by atoms with Crippen molar-refractivity contribution in [3.05, 3.63) is 44.9 Å². The Bertz CT molecular complexity index is 463. The predicted molar refractivity (Wildman–Crippen MR) is 103 cm³/mol. The van der Waals surface area contributed by atoms with Gasteiger partial charge in [-0.1, -0.05) is 37.4 Å². The van der Waals surface area contributed by atoms with Crippen LogP contribution in [0.2, 0.25) is 0 Å². The van der Waals surface area contributed by atoms with Crippen LogP contribution in [0.25, 0.3) is 0 Å². The monoisotopic (exact) mass is 458 g/mol. The summed E-state index contributed by atoms with van der Waals surface area (Å²) in [5.74, 6) is 0. The minimum Gasteiger partial charge on any atom is -0.314 e. The average Bonchev–Trinajstić information content (AvgIpc) is 2.40. The molecule has 0 radical (unpaired) electrons. The number of rotatable bonds is 4. The summed E-state index contributed by atoms with van der Waals surface area (Å²) in [6.07, 6.45) is 1.01. The first-order valence-corrected chi connectivity index (χ1v) is 8.20. The highest BCUT2D eigenvalue weighted by atomic mass is 79.9. The van der Waals surface area contributed by atoms with Gasteiger partial charge in [-0.2, -0.15) is 0 Å². The fraction of sp³-hybridized carbons (Fsp3) is 0.467. The molecular formula is C15H22Br2Cl2N2. The first-order valence-electron chi connectivity index (χ1n) is 6.62. The molecule has 1 aliphatic heterocycles. The van der Waals surface area contributed by atoms with E-state index in [-0.39, 0.29) is 24.8 Å². The molecule has 1 aromatic carbocycles. The third-order valence-electron chi connectivity index (χ3n) is 3.45. The Hall–Kier alpha value is 0.420. The number of nitrogens with zero attached hydrogens (tertiary/aromatic N) is 1. The Balaban J connectivity index is 0.00000200. The Kier molecular flexibility index (Phi) is 10.4. The molecule has 21 heavy (non-hydrogen) atoms. The van der Waals surface area contributed by atoms with Crippen LogP contribution in [0.4, 0.5) is 0 Å². The van der Waals surface area contributed by atoms with Crippen LogP contribution in [-0.4, -0.2) is 31.1 Å². The van der Waals surface area contributed by atoms with Gasteiger partial charge in [-0.3, -0.25) is 4.90 Å². The summed E-state index contributed by atoms with van der Waals surface area (Å²) in [5.41, 5.74) is 2.58. The summed E-state index contributed by atoms with van der Waals surface area (Å²) in [5, 5.41) is 3.42. The van der Waals surface area contributed by atoms with Crippen molar-refractivity contribution < 1.29 is 0 Å². The number of nitrogens with one attached hydrogen (secondary N) is 1. The second-order valence-electron chi connectivity index (χ2n) is 5.13. The molecule has 0 bridgehead atoms. The molecule has 1 aliphatic rings. The zero-order chi connectivity index (χ0) is 13.8. The summed E-state index contributed by atoms with van der Waals surface area (Å²) in [4.78, 5) is 2.55. The van der Waals surface area contributed by atoms with E-state index in [1.165, 1.54) is 15.6 Å². The van der Waals surface area contributed by atoms with Crippen LogP contribution in [0.15, 0.2) is 39.3 Å². The summed E-state index contributed by atoms with van der Waals surface area (Å²) < 4.78 is 2.31. The van der Waals surface area contributed by atoms with Crippen molar-refractivity contribution in [3.8, 4) is 0 Å². The molecule has 0 saturated carbocycles. The van der Waals surface area contributed by atoms with E-state index in [0.717, 1.165) is 37.1 Å². The lowest BCUT2D eigenvalue weighted by molar-refractivity contribution is 0.172. The summed E-state index contributed by atoms with van der Waals surface area (Å²) >= 11 is 7.28. The zero-order valence-corrected chi connectivity index (χ0v) is 16.9. The average molecular weight is 461 g/mol. The highest BCUT2D eigenvalue weighted by molar-refractivity contribution is 9.11. The van der Waals surface area contributed by atoms with Gasteiger partial charge in [0.15, 0.2) is 0 Å². The maximum absolute atomic E-state index is 4.10. The van der Waals surface area contributed by atoms with Crippen LogP contribution in [0, 0.1) is 0 Å². The van der Waals surface area contributed by atoms with E-state index in [4.69, 9.17) is 0 Å². The second-order valence-corrected chi connectivity index (χ2v) is 6.90. The lowest BCUT2D eigenvalue weighted by Gasteiger charge is -2.36. The first-order chi connectivity index (χ1) is 9.08. The van der Waals surface area contributed by atoms with Gasteiger partial charge in [-0.05, 0) is 37.1 Å². The number of hydrogen-bond acceptors (Lipinski definition) is 2. The van der Waals surface area contributed by atoms with E-state index >= 15 is 0 Å². The minimum absolute atomic E-state index is 0. The number of hydrogen-bond donors (Lipinski definition) is 1. The largest absolute Gasteiger partial charge is 0.314 e. The Morgan fingerprint density at radius 3 is 2.48 bits per heavy atom. The zero-order valence-electron chi connectivity index (χ0n) is 12.1. The maximum atomic E-state index is 4.10. The lowest BCUT2D eigenvalue weighted by Crippen LogP contribution is -2.45. The third-order valence-corrected chi connectivity index (χ3v) is 4.67. The SMILES string of the molecule is C=C(C)C[C@H](c1cc(Br)ccc1Br)N1CCNCC1.Cl.Cl. The molecule has 0 spiro atoms. The van der Waals surface area contributed by atoms with E-state index in [1.54, 1.807) is 0 Å². The van der Waals surface area contributed by atoms with E-state index in [0.29, 0.717) is 6.04 Å². The molecule has 0 aliphatic carbocycles. The van der Waals surface area contributed by atoms with E-state index in [9.17, 15) is 0 Å². The van der Waals surface area contributed by atoms with Crippen molar-refractivity contribution >= 4 is 56.7 Å². The Morgan fingerprint density at radius 2 is 1.90 bits per heavy atom. The van der Waals surface area contributed by atoms with Gasteiger partial charge in [-0.15, -0.1) is 31.4 Å². The number of benzene rings is 1. The molecule has 1 atom stereocenters. The smallest absolute Gasteiger partial charge is 0.0397 e. The molecule has 1 aromatic rings. The van der Waals surface area contributed by atoms with Gasteiger partial charge in [0.05, 0.1) is 0 Å². The van der Waals surface area contributed by atoms with Crippen LogP contribution in [0.5, 0.6) is 0 Å². The number of piperazine rings is 1. The molecule has 6 heteroatoms. The highest BCUT2D eigenvalue weighted by Crippen LogP contribution is 2.34. The fourth-order valence-electron chi connectivity index (χ4n) is 2.53. The molecule has 0 unspecified atom stereocenters. The minimum atomic E-state index is 0. The Morgan fingerprint density at radius 1 is 1.29 bits per heavy atom. The van der Waals surface area contributed by atoms with Gasteiger partial charge in [0.2, 0.25) is 0 Å². The molecule has 1 heterocycles. The van der Waals surface area contributed by atoms with E-state index in [2.05, 4.69) is 73.8 Å². The van der Waals surface area contributed by atoms with Crippen molar-refractivity contribution in [3.63, 3.8) is 0 Å². The van der Waals surface area contributed by atoms with Crippen LogP contribution in [0.3, 0.4) is 0 Å². The summed E-state index contributed by atoms with van der Waals surface area (Å²) in [6, 6.07) is 6.82. The molecule has 1 saturated heterocycles. The van der Waals surface area contributed by atoms with Gasteiger partial charge in [0, 0.05) is 41.2 Å². The molecule has 2 rings (SSSR count). The van der Waals surface area contributed by atoms with Gasteiger partial charge >= 0.3 is 0 Å². The van der Waals surface area contributed by atoms with Crippen LogP contribution in [-0.2, 0) is 0 Å². The van der Waals surface area contributed by atoms with Crippen molar-refractivity contribution in [1.82, 2.24) is 10.2 Å². The Labute approximate surface area is 156 Å². The van der Waals surface area contributed by atoms with Crippen molar-refractivity contribution in [2.24, 2.45) is 0 Å².